The zero-order valence-corrected chi connectivity index (χ0v) is 13.9. The van der Waals surface area contributed by atoms with Crippen LogP contribution in [0.15, 0.2) is 12.3 Å². The summed E-state index contributed by atoms with van der Waals surface area (Å²) in [7, 11) is 3.07. The molecule has 132 valence electrons. The second kappa shape index (κ2) is 5.57. The third-order valence-electron chi connectivity index (χ3n) is 3.91. The molecule has 0 saturated carbocycles. The van der Waals surface area contributed by atoms with Gasteiger partial charge < -0.3 is 5.32 Å². The molecular formula is C15H15F3N6O. The molecule has 3 aromatic heterocycles. The van der Waals surface area contributed by atoms with Gasteiger partial charge in [-0.05, 0) is 19.9 Å². The lowest BCUT2D eigenvalue weighted by Crippen LogP contribution is -2.15. The number of rotatable bonds is 2. The number of halogens is 3. The minimum Gasteiger partial charge on any atom is -0.306 e. The van der Waals surface area contributed by atoms with Crippen LogP contribution in [0.3, 0.4) is 0 Å². The van der Waals surface area contributed by atoms with E-state index in [1.54, 1.807) is 24.7 Å². The summed E-state index contributed by atoms with van der Waals surface area (Å²) in [6.45, 7) is 3.05. The van der Waals surface area contributed by atoms with Crippen molar-refractivity contribution in [2.75, 3.05) is 5.32 Å². The van der Waals surface area contributed by atoms with E-state index < -0.39 is 17.8 Å². The molecule has 1 amide bonds. The smallest absolute Gasteiger partial charge is 0.306 e. The van der Waals surface area contributed by atoms with Gasteiger partial charge in [-0.3, -0.25) is 14.2 Å². The highest BCUT2D eigenvalue weighted by molar-refractivity contribution is 6.05. The number of nitrogens with one attached hydrogen (secondary N) is 1. The van der Waals surface area contributed by atoms with Crippen LogP contribution in [-0.2, 0) is 20.3 Å². The summed E-state index contributed by atoms with van der Waals surface area (Å²) in [5.74, 6) is -0.585. The van der Waals surface area contributed by atoms with E-state index in [9.17, 15) is 18.0 Å². The topological polar surface area (TPSA) is 77.6 Å². The summed E-state index contributed by atoms with van der Waals surface area (Å²) in [5.41, 5.74) is 0.371. The molecule has 3 rings (SSSR count). The number of aromatic nitrogens is 5. The average Bonchev–Trinajstić information content (AvgIpc) is 2.97. The molecule has 0 aliphatic rings. The molecule has 0 fully saturated rings. The average molecular weight is 352 g/mol. The highest BCUT2D eigenvalue weighted by atomic mass is 19.4. The standard InChI is InChI=1S/C15H15F3N6O/c1-7-11(15(16,17)18)22-23(3)12(7)20-14(25)9-5-10-8(2)21-24(4)13(10)19-6-9/h5-6H,1-4H3,(H,20,25). The van der Waals surface area contributed by atoms with E-state index in [4.69, 9.17) is 0 Å². The highest BCUT2D eigenvalue weighted by Crippen LogP contribution is 2.33. The number of fused-ring (bicyclic) bond motifs is 1. The van der Waals surface area contributed by atoms with Gasteiger partial charge in [-0.2, -0.15) is 23.4 Å². The molecule has 3 heterocycles. The van der Waals surface area contributed by atoms with Gasteiger partial charge in [0.15, 0.2) is 11.3 Å². The molecule has 7 nitrogen and oxygen atoms in total. The van der Waals surface area contributed by atoms with Gasteiger partial charge in [-0.15, -0.1) is 0 Å². The Labute approximate surface area is 140 Å². The zero-order valence-electron chi connectivity index (χ0n) is 13.9. The second-order valence-electron chi connectivity index (χ2n) is 5.70. The molecule has 0 bridgehead atoms. The van der Waals surface area contributed by atoms with E-state index in [-0.39, 0.29) is 16.9 Å². The number of amides is 1. The Hall–Kier alpha value is -2.91. The first-order valence-corrected chi connectivity index (χ1v) is 7.31. The lowest BCUT2D eigenvalue weighted by molar-refractivity contribution is -0.141. The van der Waals surface area contributed by atoms with E-state index >= 15 is 0 Å². The van der Waals surface area contributed by atoms with Crippen LogP contribution in [-0.4, -0.2) is 30.5 Å². The minimum absolute atomic E-state index is 0.0136. The van der Waals surface area contributed by atoms with Crippen LogP contribution in [0.1, 0.15) is 27.3 Å². The summed E-state index contributed by atoms with van der Waals surface area (Å²) >= 11 is 0. The molecule has 10 heteroatoms. The van der Waals surface area contributed by atoms with E-state index in [1.807, 2.05) is 0 Å². The van der Waals surface area contributed by atoms with Crippen LogP contribution >= 0.6 is 0 Å². The fraction of sp³-hybridized carbons (Fsp3) is 0.333. The Balaban J connectivity index is 1.96. The first-order chi connectivity index (χ1) is 11.6. The molecule has 0 unspecified atom stereocenters. The summed E-state index contributed by atoms with van der Waals surface area (Å²) in [6, 6.07) is 1.61. The van der Waals surface area contributed by atoms with Crippen molar-refractivity contribution < 1.29 is 18.0 Å². The zero-order chi connectivity index (χ0) is 18.5. The quantitative estimate of drug-likeness (QED) is 0.769. The van der Waals surface area contributed by atoms with Crippen molar-refractivity contribution in [3.63, 3.8) is 0 Å². The molecule has 0 radical (unpaired) electrons. The SMILES string of the molecule is Cc1c(C(F)(F)F)nn(C)c1NC(=O)c1cnc2c(c1)c(C)nn2C. The summed E-state index contributed by atoms with van der Waals surface area (Å²) in [5, 5.41) is 10.8. The van der Waals surface area contributed by atoms with Crippen molar-refractivity contribution in [1.82, 2.24) is 24.5 Å². The molecule has 0 saturated heterocycles. The van der Waals surface area contributed by atoms with Crippen LogP contribution in [0.2, 0.25) is 0 Å². The van der Waals surface area contributed by atoms with Crippen molar-refractivity contribution in [2.24, 2.45) is 14.1 Å². The molecular weight excluding hydrogens is 337 g/mol. The van der Waals surface area contributed by atoms with Gasteiger partial charge in [0.05, 0.1) is 11.3 Å². The predicted molar refractivity (Wildman–Crippen MR) is 84.1 cm³/mol. The van der Waals surface area contributed by atoms with Crippen LogP contribution in [0.5, 0.6) is 0 Å². The number of carbonyl (C=O) groups is 1. The molecule has 25 heavy (non-hydrogen) atoms. The van der Waals surface area contributed by atoms with Gasteiger partial charge >= 0.3 is 6.18 Å². The Morgan fingerprint density at radius 3 is 2.44 bits per heavy atom. The number of pyridine rings is 1. The summed E-state index contributed by atoms with van der Waals surface area (Å²) < 4.78 is 41.3. The first kappa shape index (κ1) is 16.9. The monoisotopic (exact) mass is 352 g/mol. The lowest BCUT2D eigenvalue weighted by atomic mass is 10.2. The Kier molecular flexibility index (Phi) is 3.77. The van der Waals surface area contributed by atoms with Crippen molar-refractivity contribution in [2.45, 2.75) is 20.0 Å². The second-order valence-corrected chi connectivity index (χ2v) is 5.70. The van der Waals surface area contributed by atoms with Crippen molar-refractivity contribution >= 4 is 22.8 Å². The Morgan fingerprint density at radius 1 is 1.16 bits per heavy atom. The van der Waals surface area contributed by atoms with Crippen LogP contribution in [0, 0.1) is 13.8 Å². The van der Waals surface area contributed by atoms with Gasteiger partial charge in [-0.1, -0.05) is 0 Å². The number of aryl methyl sites for hydroxylation is 3. The summed E-state index contributed by atoms with van der Waals surface area (Å²) in [4.78, 5) is 16.6. The number of nitrogens with zero attached hydrogens (tertiary/aromatic N) is 5. The first-order valence-electron chi connectivity index (χ1n) is 7.31. The number of anilines is 1. The fourth-order valence-electron chi connectivity index (χ4n) is 2.69. The molecule has 0 aliphatic carbocycles. The third kappa shape index (κ3) is 2.83. The predicted octanol–water partition coefficient (Wildman–Crippen LogP) is 2.59. The van der Waals surface area contributed by atoms with Crippen molar-refractivity contribution in [3.8, 4) is 0 Å². The molecule has 0 aliphatic heterocycles. The number of alkyl halides is 3. The number of hydrogen-bond donors (Lipinski definition) is 1. The Morgan fingerprint density at radius 2 is 1.84 bits per heavy atom. The minimum atomic E-state index is -4.59. The van der Waals surface area contributed by atoms with E-state index in [1.165, 1.54) is 20.2 Å². The van der Waals surface area contributed by atoms with Gasteiger partial charge in [0, 0.05) is 31.2 Å². The molecule has 0 aromatic carbocycles. The maximum atomic E-state index is 12.9. The fourth-order valence-corrected chi connectivity index (χ4v) is 2.69. The number of carbonyl (C=O) groups excluding carboxylic acids is 1. The Bertz CT molecular complexity index is 985. The number of hydrogen-bond acceptors (Lipinski definition) is 4. The lowest BCUT2D eigenvalue weighted by Gasteiger charge is -2.07. The van der Waals surface area contributed by atoms with Gasteiger partial charge in [0.1, 0.15) is 5.82 Å². The maximum Gasteiger partial charge on any atom is 0.435 e. The molecule has 0 spiro atoms. The van der Waals surface area contributed by atoms with E-state index in [2.05, 4.69) is 20.5 Å². The van der Waals surface area contributed by atoms with E-state index in [0.717, 1.165) is 4.68 Å². The van der Waals surface area contributed by atoms with Gasteiger partial charge in [-0.25, -0.2) is 4.98 Å². The van der Waals surface area contributed by atoms with Crippen LogP contribution in [0.4, 0.5) is 19.0 Å². The maximum absolute atomic E-state index is 12.9. The summed E-state index contributed by atoms with van der Waals surface area (Å²) in [6.07, 6.45) is -3.23. The largest absolute Gasteiger partial charge is 0.435 e. The van der Waals surface area contributed by atoms with Crippen LogP contribution < -0.4 is 5.32 Å². The van der Waals surface area contributed by atoms with Gasteiger partial charge in [0.2, 0.25) is 0 Å². The molecule has 3 aromatic rings. The molecule has 0 atom stereocenters. The highest BCUT2D eigenvalue weighted by Gasteiger charge is 2.37. The third-order valence-corrected chi connectivity index (χ3v) is 3.91. The van der Waals surface area contributed by atoms with Gasteiger partial charge in [0.25, 0.3) is 5.91 Å². The van der Waals surface area contributed by atoms with Crippen molar-refractivity contribution in [1.29, 1.82) is 0 Å². The normalized spacial score (nSPS) is 12.0. The van der Waals surface area contributed by atoms with E-state index in [0.29, 0.717) is 16.7 Å². The van der Waals surface area contributed by atoms with Crippen molar-refractivity contribution in [3.05, 3.63) is 34.8 Å². The molecule has 1 N–H and O–H groups in total. The van der Waals surface area contributed by atoms with Crippen LogP contribution in [0.25, 0.3) is 11.0 Å².